The fourth-order valence-electron chi connectivity index (χ4n) is 2.60. The van der Waals surface area contributed by atoms with Gasteiger partial charge in [0.1, 0.15) is 5.82 Å². The number of hydrogen-bond donors (Lipinski definition) is 1. The molecule has 1 heterocycles. The smallest absolute Gasteiger partial charge is 0.130 e. The number of aromatic nitrogens is 2. The van der Waals surface area contributed by atoms with Crippen molar-refractivity contribution >= 4 is 15.9 Å². The second-order valence-electron chi connectivity index (χ2n) is 5.17. The maximum atomic E-state index is 4.55. The predicted molar refractivity (Wildman–Crippen MR) is 87.0 cm³/mol. The van der Waals surface area contributed by atoms with Crippen LogP contribution in [-0.2, 0) is 6.54 Å². The van der Waals surface area contributed by atoms with Crippen molar-refractivity contribution in [2.75, 3.05) is 7.05 Å². The first-order valence-corrected chi connectivity index (χ1v) is 7.82. The number of imidazole rings is 1. The van der Waals surface area contributed by atoms with Crippen molar-refractivity contribution in [2.45, 2.75) is 39.8 Å². The van der Waals surface area contributed by atoms with Gasteiger partial charge in [0.2, 0.25) is 0 Å². The van der Waals surface area contributed by atoms with Gasteiger partial charge < -0.3 is 9.88 Å². The third kappa shape index (κ3) is 2.96. The van der Waals surface area contributed by atoms with Gasteiger partial charge in [-0.05, 0) is 44.0 Å². The van der Waals surface area contributed by atoms with E-state index in [0.717, 1.165) is 18.8 Å². The van der Waals surface area contributed by atoms with E-state index in [9.17, 15) is 0 Å². The highest BCUT2D eigenvalue weighted by Gasteiger charge is 2.18. The summed E-state index contributed by atoms with van der Waals surface area (Å²) in [5, 5.41) is 3.39. The predicted octanol–water partition coefficient (Wildman–Crippen LogP) is 3.98. The Morgan fingerprint density at radius 2 is 1.95 bits per heavy atom. The summed E-state index contributed by atoms with van der Waals surface area (Å²) in [6.07, 6.45) is 5.05. The summed E-state index contributed by atoms with van der Waals surface area (Å²) in [6.45, 7) is 7.45. The number of hydrogen-bond acceptors (Lipinski definition) is 2. The van der Waals surface area contributed by atoms with E-state index in [0.29, 0.717) is 0 Å². The van der Waals surface area contributed by atoms with Gasteiger partial charge in [-0.25, -0.2) is 4.98 Å². The minimum absolute atomic E-state index is 0.127. The van der Waals surface area contributed by atoms with E-state index in [1.807, 2.05) is 13.2 Å². The molecule has 1 N–H and O–H groups in total. The number of halogens is 1. The van der Waals surface area contributed by atoms with E-state index in [-0.39, 0.29) is 6.04 Å². The summed E-state index contributed by atoms with van der Waals surface area (Å²) in [4.78, 5) is 4.55. The number of nitrogens with one attached hydrogen (secondary N) is 1. The van der Waals surface area contributed by atoms with Crippen molar-refractivity contribution in [3.8, 4) is 0 Å². The largest absolute Gasteiger partial charge is 0.333 e. The zero-order valence-electron chi connectivity index (χ0n) is 12.6. The highest BCUT2D eigenvalue weighted by atomic mass is 79.9. The molecule has 0 aliphatic heterocycles. The van der Waals surface area contributed by atoms with Crippen LogP contribution in [-0.4, -0.2) is 16.6 Å². The summed E-state index contributed by atoms with van der Waals surface area (Å²) < 4.78 is 3.42. The molecule has 1 aromatic heterocycles. The number of aryl methyl sites for hydroxylation is 3. The average molecular weight is 336 g/mol. The van der Waals surface area contributed by atoms with Gasteiger partial charge >= 0.3 is 0 Å². The van der Waals surface area contributed by atoms with Crippen LogP contribution in [0.3, 0.4) is 0 Å². The lowest BCUT2D eigenvalue weighted by atomic mass is 10.0. The SMILES string of the molecule is CCCn1ccnc1C(NC)c1cc(C)c(Br)c(C)c1. The fourth-order valence-corrected chi connectivity index (χ4v) is 2.83. The third-order valence-electron chi connectivity index (χ3n) is 3.55. The van der Waals surface area contributed by atoms with Gasteiger partial charge in [0.05, 0.1) is 6.04 Å². The van der Waals surface area contributed by atoms with Gasteiger partial charge in [0.25, 0.3) is 0 Å². The first-order chi connectivity index (χ1) is 9.58. The van der Waals surface area contributed by atoms with E-state index in [4.69, 9.17) is 0 Å². The van der Waals surface area contributed by atoms with Crippen molar-refractivity contribution in [1.29, 1.82) is 0 Å². The van der Waals surface area contributed by atoms with Gasteiger partial charge in [-0.2, -0.15) is 0 Å². The Kier molecular flexibility index (Phi) is 5.00. The summed E-state index contributed by atoms with van der Waals surface area (Å²) in [5.74, 6) is 1.08. The highest BCUT2D eigenvalue weighted by molar-refractivity contribution is 9.10. The van der Waals surface area contributed by atoms with Crippen LogP contribution in [0.25, 0.3) is 0 Å². The van der Waals surface area contributed by atoms with Crippen LogP contribution < -0.4 is 5.32 Å². The van der Waals surface area contributed by atoms with Crippen molar-refractivity contribution in [3.05, 3.63) is 51.5 Å². The Balaban J connectivity index is 2.44. The second kappa shape index (κ2) is 6.55. The standard InChI is InChI=1S/C16H22BrN3/c1-5-7-20-8-6-19-16(20)15(18-4)13-9-11(2)14(17)12(3)10-13/h6,8-10,15,18H,5,7H2,1-4H3. The Labute approximate surface area is 129 Å². The maximum absolute atomic E-state index is 4.55. The van der Waals surface area contributed by atoms with E-state index < -0.39 is 0 Å². The Hall–Kier alpha value is -1.13. The zero-order valence-corrected chi connectivity index (χ0v) is 14.2. The lowest BCUT2D eigenvalue weighted by Gasteiger charge is -2.19. The quantitative estimate of drug-likeness (QED) is 0.895. The third-order valence-corrected chi connectivity index (χ3v) is 4.80. The van der Waals surface area contributed by atoms with Crippen molar-refractivity contribution in [1.82, 2.24) is 14.9 Å². The summed E-state index contributed by atoms with van der Waals surface area (Å²) in [5.41, 5.74) is 3.77. The fraction of sp³-hybridized carbons (Fsp3) is 0.438. The maximum Gasteiger partial charge on any atom is 0.130 e. The van der Waals surface area contributed by atoms with Crippen molar-refractivity contribution in [2.24, 2.45) is 0 Å². The van der Waals surface area contributed by atoms with Crippen LogP contribution in [0.2, 0.25) is 0 Å². The molecule has 0 aliphatic carbocycles. The first-order valence-electron chi connectivity index (χ1n) is 7.03. The van der Waals surface area contributed by atoms with E-state index >= 15 is 0 Å². The lowest BCUT2D eigenvalue weighted by Crippen LogP contribution is -2.22. The van der Waals surface area contributed by atoms with Crippen LogP contribution in [0.1, 0.15) is 41.9 Å². The molecule has 4 heteroatoms. The Morgan fingerprint density at radius 1 is 1.30 bits per heavy atom. The van der Waals surface area contributed by atoms with E-state index in [1.54, 1.807) is 0 Å². The Bertz CT molecular complexity index is 566. The lowest BCUT2D eigenvalue weighted by molar-refractivity contribution is 0.567. The van der Waals surface area contributed by atoms with Crippen molar-refractivity contribution < 1.29 is 0 Å². The van der Waals surface area contributed by atoms with Gasteiger partial charge in [-0.3, -0.25) is 0 Å². The van der Waals surface area contributed by atoms with E-state index in [2.05, 4.69) is 69.9 Å². The van der Waals surface area contributed by atoms with Gasteiger partial charge in [-0.1, -0.05) is 35.0 Å². The molecule has 0 fully saturated rings. The van der Waals surface area contributed by atoms with Crippen LogP contribution in [0.15, 0.2) is 29.0 Å². The molecule has 1 unspecified atom stereocenters. The molecule has 108 valence electrons. The average Bonchev–Trinajstić information content (AvgIpc) is 2.86. The molecular formula is C16H22BrN3. The molecule has 0 spiro atoms. The van der Waals surface area contributed by atoms with Crippen LogP contribution in [0, 0.1) is 13.8 Å². The number of benzene rings is 1. The molecule has 0 saturated carbocycles. The molecule has 0 bridgehead atoms. The molecular weight excluding hydrogens is 314 g/mol. The minimum Gasteiger partial charge on any atom is -0.333 e. The first kappa shape index (κ1) is 15.3. The molecule has 1 aromatic carbocycles. The number of rotatable bonds is 5. The van der Waals surface area contributed by atoms with Crippen LogP contribution in [0.5, 0.6) is 0 Å². The summed E-state index contributed by atoms with van der Waals surface area (Å²) in [6, 6.07) is 4.58. The molecule has 1 atom stereocenters. The topological polar surface area (TPSA) is 29.9 Å². The minimum atomic E-state index is 0.127. The Morgan fingerprint density at radius 3 is 2.50 bits per heavy atom. The molecule has 0 radical (unpaired) electrons. The molecule has 2 aromatic rings. The van der Waals surface area contributed by atoms with E-state index in [1.165, 1.54) is 21.2 Å². The summed E-state index contributed by atoms with van der Waals surface area (Å²) in [7, 11) is 1.99. The van der Waals surface area contributed by atoms with Gasteiger partial charge in [0.15, 0.2) is 0 Å². The van der Waals surface area contributed by atoms with Gasteiger partial charge in [-0.15, -0.1) is 0 Å². The second-order valence-corrected chi connectivity index (χ2v) is 5.96. The zero-order chi connectivity index (χ0) is 14.7. The molecule has 0 aliphatic rings. The molecule has 3 nitrogen and oxygen atoms in total. The molecule has 2 rings (SSSR count). The van der Waals surface area contributed by atoms with Crippen LogP contribution in [0.4, 0.5) is 0 Å². The highest BCUT2D eigenvalue weighted by Crippen LogP contribution is 2.28. The van der Waals surface area contributed by atoms with Gasteiger partial charge in [0, 0.05) is 23.4 Å². The van der Waals surface area contributed by atoms with Crippen LogP contribution >= 0.6 is 15.9 Å². The number of nitrogens with zero attached hydrogens (tertiary/aromatic N) is 2. The monoisotopic (exact) mass is 335 g/mol. The molecule has 0 amide bonds. The summed E-state index contributed by atoms with van der Waals surface area (Å²) >= 11 is 3.63. The molecule has 0 saturated heterocycles. The molecule has 20 heavy (non-hydrogen) atoms. The van der Waals surface area contributed by atoms with Crippen molar-refractivity contribution in [3.63, 3.8) is 0 Å². The normalized spacial score (nSPS) is 12.7.